The molecular weight excluding hydrogens is 878 g/mol. The summed E-state index contributed by atoms with van der Waals surface area (Å²) in [6.07, 6.45) is 75.9. The number of rotatable bonds is 47. The quantitative estimate of drug-likeness (QED) is 0.0197. The van der Waals surface area contributed by atoms with E-state index in [-0.39, 0.29) is 32.2 Å². The van der Waals surface area contributed by atoms with Gasteiger partial charge in [-0.05, 0) is 116 Å². The Bertz CT molecular complexity index is 1600. The highest BCUT2D eigenvalue weighted by Gasteiger charge is 2.20. The molecule has 8 nitrogen and oxygen atoms in total. The topological polar surface area (TPSA) is 94.1 Å². The fourth-order valence-electron chi connectivity index (χ4n) is 6.37. The number of hydrogen-bond acceptors (Lipinski definition) is 7. The number of allylic oxidation sites excluding steroid dienone is 24. The highest BCUT2D eigenvalue weighted by atomic mass is 31.2. The summed E-state index contributed by atoms with van der Waals surface area (Å²) >= 11 is 0. The van der Waals surface area contributed by atoms with Gasteiger partial charge in [-0.25, -0.2) is 0 Å². The number of nitrogens with zero attached hydrogens (tertiary/aromatic N) is 1. The summed E-state index contributed by atoms with van der Waals surface area (Å²) in [5.74, 6) is -0.368. The number of likely N-dealkylation sites (N-methyl/N-ethyl adjacent to an activating group) is 1. The van der Waals surface area contributed by atoms with Crippen molar-refractivity contribution in [3.8, 4) is 0 Å². The summed E-state index contributed by atoms with van der Waals surface area (Å²) in [5.41, 5.74) is 0. The first-order valence-corrected chi connectivity index (χ1v) is 28.0. The largest absolute Gasteiger partial charge is 0.756 e. The van der Waals surface area contributed by atoms with Crippen LogP contribution < -0.4 is 4.89 Å². The number of hydrogen-bond donors (Lipinski definition) is 0. The first-order valence-electron chi connectivity index (χ1n) is 26.6. The van der Waals surface area contributed by atoms with Gasteiger partial charge in [-0.1, -0.05) is 192 Å². The van der Waals surface area contributed by atoms with E-state index in [4.69, 9.17) is 18.5 Å². The lowest BCUT2D eigenvalue weighted by atomic mass is 10.1. The molecule has 0 N–H and O–H groups in total. The van der Waals surface area contributed by atoms with Gasteiger partial charge in [-0.2, -0.15) is 0 Å². The zero-order chi connectivity index (χ0) is 50.5. The molecule has 9 heteroatoms. The minimum atomic E-state index is -4.56. The minimum Gasteiger partial charge on any atom is -0.756 e. The van der Waals surface area contributed by atoms with E-state index in [9.17, 15) is 14.3 Å². The van der Waals surface area contributed by atoms with Crippen LogP contribution >= 0.6 is 7.82 Å². The van der Waals surface area contributed by atoms with E-state index in [1.807, 2.05) is 21.1 Å². The molecule has 2 atom stereocenters. The van der Waals surface area contributed by atoms with Gasteiger partial charge in [0.15, 0.2) is 0 Å². The Hall–Kier alpha value is -3.62. The second-order valence-corrected chi connectivity index (χ2v) is 19.5. The Balaban J connectivity index is 4.29. The molecule has 0 rings (SSSR count). The molecule has 0 spiro atoms. The monoisotopic (exact) mass is 976 g/mol. The lowest BCUT2D eigenvalue weighted by Crippen LogP contribution is -2.37. The molecule has 0 aliphatic carbocycles. The second-order valence-electron chi connectivity index (χ2n) is 18.1. The summed E-state index contributed by atoms with van der Waals surface area (Å²) in [7, 11) is 1.29. The second kappa shape index (κ2) is 50.8. The van der Waals surface area contributed by atoms with Gasteiger partial charge in [0.2, 0.25) is 0 Å². The first-order chi connectivity index (χ1) is 33.6. The molecule has 69 heavy (non-hydrogen) atoms. The lowest BCUT2D eigenvalue weighted by Gasteiger charge is -2.28. The Morgan fingerprint density at radius 1 is 0.449 bits per heavy atom. The molecule has 0 saturated carbocycles. The number of unbranched alkanes of at least 4 members (excludes halogenated alkanes) is 9. The van der Waals surface area contributed by atoms with Crippen LogP contribution in [0.1, 0.15) is 168 Å². The maximum atomic E-state index is 12.8. The van der Waals surface area contributed by atoms with Crippen LogP contribution in [-0.4, -0.2) is 70.7 Å². The number of phosphoric ester groups is 1. The number of phosphoric acid groups is 1. The number of ether oxygens (including phenoxy) is 2. The van der Waals surface area contributed by atoms with Gasteiger partial charge in [0, 0.05) is 13.0 Å². The summed E-state index contributed by atoms with van der Waals surface area (Å²) in [5, 5.41) is 0. The van der Waals surface area contributed by atoms with Crippen molar-refractivity contribution < 1.29 is 37.3 Å². The molecule has 0 bridgehead atoms. The SMILES string of the molecule is CC/C=C\C/C=C\C/C=C\C/C=C\C/C=C\C/C=C\CCCCCCCCC(=O)OC(COCCCCC/C=C\C/C=C\C/C=C\C/C=C\C/C=C\C/C=C\CC)COP(=O)([O-])OCC[N+](C)(C)C. The molecule has 0 radical (unpaired) electrons. The van der Waals surface area contributed by atoms with Gasteiger partial charge in [-0.3, -0.25) is 9.36 Å². The molecular formula is C60H98NO7P. The third-order valence-corrected chi connectivity index (χ3v) is 11.4. The van der Waals surface area contributed by atoms with E-state index in [1.54, 1.807) is 0 Å². The zero-order valence-electron chi connectivity index (χ0n) is 44.2. The summed E-state index contributed by atoms with van der Waals surface area (Å²) in [4.78, 5) is 25.2. The molecule has 0 aliphatic rings. The smallest absolute Gasteiger partial charge is 0.306 e. The molecule has 0 heterocycles. The van der Waals surface area contributed by atoms with Gasteiger partial charge in [0.25, 0.3) is 7.82 Å². The van der Waals surface area contributed by atoms with Crippen molar-refractivity contribution >= 4 is 13.8 Å². The molecule has 390 valence electrons. The Kier molecular flexibility index (Phi) is 48.1. The van der Waals surface area contributed by atoms with Crippen LogP contribution in [0.3, 0.4) is 0 Å². The van der Waals surface area contributed by atoms with E-state index < -0.39 is 13.9 Å². The minimum absolute atomic E-state index is 0.00626. The van der Waals surface area contributed by atoms with E-state index in [2.05, 4.69) is 160 Å². The Labute approximate surface area is 423 Å². The molecule has 0 aliphatic heterocycles. The third kappa shape index (κ3) is 55.2. The molecule has 0 aromatic heterocycles. The maximum absolute atomic E-state index is 12.8. The molecule has 2 unspecified atom stereocenters. The van der Waals surface area contributed by atoms with Crippen LogP contribution in [0.15, 0.2) is 146 Å². The Morgan fingerprint density at radius 3 is 1.19 bits per heavy atom. The third-order valence-electron chi connectivity index (χ3n) is 10.4. The van der Waals surface area contributed by atoms with Gasteiger partial charge in [-0.15, -0.1) is 0 Å². The van der Waals surface area contributed by atoms with Crippen LogP contribution in [0, 0.1) is 0 Å². The summed E-state index contributed by atoms with van der Waals surface area (Å²) in [6.45, 7) is 5.04. The average Bonchev–Trinajstić information content (AvgIpc) is 3.31. The van der Waals surface area contributed by atoms with E-state index in [1.165, 1.54) is 6.42 Å². The van der Waals surface area contributed by atoms with Crippen molar-refractivity contribution in [3.63, 3.8) is 0 Å². The maximum Gasteiger partial charge on any atom is 0.306 e. The van der Waals surface area contributed by atoms with Crippen LogP contribution in [0.2, 0.25) is 0 Å². The predicted octanol–water partition coefficient (Wildman–Crippen LogP) is 16.2. The van der Waals surface area contributed by atoms with Crippen LogP contribution in [0.4, 0.5) is 0 Å². The van der Waals surface area contributed by atoms with Gasteiger partial charge in [0.05, 0.1) is 34.4 Å². The summed E-state index contributed by atoms with van der Waals surface area (Å²) < 4.78 is 34.7. The number of quaternary nitrogens is 1. The van der Waals surface area contributed by atoms with Crippen molar-refractivity contribution in [3.05, 3.63) is 146 Å². The van der Waals surface area contributed by atoms with Crippen LogP contribution in [-0.2, 0) is 27.9 Å². The Morgan fingerprint density at radius 2 is 0.797 bits per heavy atom. The predicted molar refractivity (Wildman–Crippen MR) is 295 cm³/mol. The van der Waals surface area contributed by atoms with E-state index in [0.29, 0.717) is 17.6 Å². The number of carbonyl (C=O) groups excluding carboxylic acids is 1. The number of carbonyl (C=O) groups is 1. The van der Waals surface area contributed by atoms with E-state index in [0.717, 1.165) is 141 Å². The van der Waals surface area contributed by atoms with Gasteiger partial charge >= 0.3 is 5.97 Å². The van der Waals surface area contributed by atoms with Crippen molar-refractivity contribution in [1.29, 1.82) is 0 Å². The molecule has 0 saturated heterocycles. The van der Waals surface area contributed by atoms with Gasteiger partial charge < -0.3 is 27.9 Å². The number of esters is 1. The van der Waals surface area contributed by atoms with Crippen molar-refractivity contribution in [1.82, 2.24) is 0 Å². The highest BCUT2D eigenvalue weighted by molar-refractivity contribution is 7.45. The highest BCUT2D eigenvalue weighted by Crippen LogP contribution is 2.38. The van der Waals surface area contributed by atoms with Crippen LogP contribution in [0.25, 0.3) is 0 Å². The van der Waals surface area contributed by atoms with Crippen molar-refractivity contribution in [2.75, 3.05) is 54.1 Å². The molecule has 0 aromatic rings. The molecule has 0 aromatic carbocycles. The standard InChI is InChI=1S/C60H98NO7P/c1-6-8-10-12-14-16-18-20-22-24-26-28-30-31-32-33-35-37-39-41-43-45-47-49-51-53-60(62)68-59(58-67-69(63,64)66-56-54-61(3,4)5)57-65-55-52-50-48-46-44-42-40-38-36-34-29-27-25-23-21-19-17-15-13-11-9-7-2/h8-11,14-17,20-23,26-29,31-32,35-38,42,44,59H,6-7,12-13,18-19,24-25,30,33-34,39-41,43,45-58H2,1-5H3/b10-8-,11-9-,16-14-,17-15-,22-20-,23-21-,28-26-,29-27-,32-31-,37-35-,38-36-,44-42-. The fraction of sp³-hybridized carbons (Fsp3) is 0.583. The first kappa shape index (κ1) is 65.4. The lowest BCUT2D eigenvalue weighted by molar-refractivity contribution is -0.870. The van der Waals surface area contributed by atoms with Crippen molar-refractivity contribution in [2.24, 2.45) is 0 Å². The van der Waals surface area contributed by atoms with Gasteiger partial charge in [0.1, 0.15) is 19.3 Å². The van der Waals surface area contributed by atoms with Crippen LogP contribution in [0.5, 0.6) is 0 Å². The normalized spacial score (nSPS) is 14.7. The zero-order valence-corrected chi connectivity index (χ0v) is 45.1. The molecule has 0 amide bonds. The fourth-order valence-corrected chi connectivity index (χ4v) is 7.10. The summed E-state index contributed by atoms with van der Waals surface area (Å²) in [6, 6.07) is 0. The average molecular weight is 976 g/mol. The van der Waals surface area contributed by atoms with Crippen molar-refractivity contribution in [2.45, 2.75) is 174 Å². The van der Waals surface area contributed by atoms with E-state index >= 15 is 0 Å². The molecule has 0 fully saturated rings.